The average molecular weight is 282 g/mol. The van der Waals surface area contributed by atoms with E-state index in [2.05, 4.69) is 5.10 Å². The molecule has 0 spiro atoms. The van der Waals surface area contributed by atoms with Crippen LogP contribution in [0.2, 0.25) is 5.02 Å². The molecule has 100 valence electrons. The lowest BCUT2D eigenvalue weighted by Crippen LogP contribution is -1.96. The van der Waals surface area contributed by atoms with E-state index < -0.39 is 4.92 Å². The van der Waals surface area contributed by atoms with Gasteiger partial charge in [-0.05, 0) is 26.0 Å². The van der Waals surface area contributed by atoms with Crippen LogP contribution in [0, 0.1) is 24.0 Å². The quantitative estimate of drug-likeness (QED) is 0.639. The second-order valence-electron chi connectivity index (χ2n) is 4.07. The molecule has 0 amide bonds. The number of benzene rings is 1. The first-order valence-corrected chi connectivity index (χ1v) is 5.90. The molecule has 1 aromatic heterocycles. The Morgan fingerprint density at radius 1 is 1.42 bits per heavy atom. The minimum absolute atomic E-state index is 0.0432. The van der Waals surface area contributed by atoms with Crippen LogP contribution in [0.5, 0.6) is 11.5 Å². The van der Waals surface area contributed by atoms with Crippen molar-refractivity contribution in [2.75, 3.05) is 0 Å². The molecule has 19 heavy (non-hydrogen) atoms. The number of nitro benzene ring substituents is 1. The summed E-state index contributed by atoms with van der Waals surface area (Å²) < 4.78 is 7.28. The Kier molecular flexibility index (Phi) is 3.44. The van der Waals surface area contributed by atoms with Gasteiger partial charge in [0.1, 0.15) is 10.7 Å². The third-order valence-corrected chi connectivity index (χ3v) is 3.09. The van der Waals surface area contributed by atoms with Gasteiger partial charge in [-0.2, -0.15) is 5.10 Å². The van der Waals surface area contributed by atoms with E-state index in [1.807, 2.05) is 6.92 Å². The molecule has 1 heterocycles. The number of nitrogens with zero attached hydrogens (tertiary/aromatic N) is 3. The summed E-state index contributed by atoms with van der Waals surface area (Å²) in [5, 5.41) is 15.3. The van der Waals surface area contributed by atoms with Gasteiger partial charge >= 0.3 is 5.69 Å². The lowest BCUT2D eigenvalue weighted by atomic mass is 10.3. The second kappa shape index (κ2) is 4.89. The molecule has 2 aromatic rings. The second-order valence-corrected chi connectivity index (χ2v) is 4.48. The van der Waals surface area contributed by atoms with E-state index >= 15 is 0 Å². The summed E-state index contributed by atoms with van der Waals surface area (Å²) in [6, 6.07) is 4.57. The number of halogens is 1. The molecular formula is C12H12ClN3O3. The van der Waals surface area contributed by atoms with E-state index in [0.29, 0.717) is 11.4 Å². The lowest BCUT2D eigenvalue weighted by Gasteiger charge is -2.07. The SMILES string of the molecule is Cc1nn(C)c(C)c1Oc1cccc(Cl)c1[N+](=O)[O-]. The summed E-state index contributed by atoms with van der Waals surface area (Å²) in [4.78, 5) is 10.5. The highest BCUT2D eigenvalue weighted by molar-refractivity contribution is 6.32. The van der Waals surface area contributed by atoms with Crippen molar-refractivity contribution in [3.05, 3.63) is 44.7 Å². The molecule has 0 aliphatic carbocycles. The number of ether oxygens (including phenoxy) is 1. The molecule has 0 saturated heterocycles. The van der Waals surface area contributed by atoms with E-state index in [1.54, 1.807) is 24.7 Å². The fourth-order valence-corrected chi connectivity index (χ4v) is 2.00. The third kappa shape index (κ3) is 2.39. The van der Waals surface area contributed by atoms with Crippen LogP contribution in [0.15, 0.2) is 18.2 Å². The van der Waals surface area contributed by atoms with Crippen molar-refractivity contribution in [2.45, 2.75) is 13.8 Å². The fourth-order valence-electron chi connectivity index (χ4n) is 1.77. The van der Waals surface area contributed by atoms with Crippen LogP contribution in [-0.4, -0.2) is 14.7 Å². The predicted molar refractivity (Wildman–Crippen MR) is 70.9 cm³/mol. The molecule has 0 N–H and O–H groups in total. The van der Waals surface area contributed by atoms with Gasteiger partial charge in [-0.15, -0.1) is 0 Å². The van der Waals surface area contributed by atoms with Gasteiger partial charge in [-0.1, -0.05) is 17.7 Å². The number of hydrogen-bond acceptors (Lipinski definition) is 4. The van der Waals surface area contributed by atoms with E-state index in [9.17, 15) is 10.1 Å². The molecule has 1 aromatic carbocycles. The summed E-state index contributed by atoms with van der Waals surface area (Å²) >= 11 is 5.83. The fraction of sp³-hybridized carbons (Fsp3) is 0.250. The normalized spacial score (nSPS) is 10.5. The van der Waals surface area contributed by atoms with Crippen LogP contribution in [0.25, 0.3) is 0 Å². The van der Waals surface area contributed by atoms with Crippen LogP contribution < -0.4 is 4.74 Å². The molecule has 2 rings (SSSR count). The first kappa shape index (κ1) is 13.4. The molecule has 6 nitrogen and oxygen atoms in total. The standard InChI is InChI=1S/C12H12ClN3O3/c1-7-12(8(2)15(3)14-7)19-10-6-4-5-9(13)11(10)16(17)18/h4-6H,1-3H3. The topological polar surface area (TPSA) is 70.2 Å². The highest BCUT2D eigenvalue weighted by Gasteiger charge is 2.22. The van der Waals surface area contributed by atoms with Crippen molar-refractivity contribution in [3.8, 4) is 11.5 Å². The summed E-state index contributed by atoms with van der Waals surface area (Å²) in [5.41, 5.74) is 1.20. The van der Waals surface area contributed by atoms with Crippen molar-refractivity contribution in [1.82, 2.24) is 9.78 Å². The van der Waals surface area contributed by atoms with Crippen molar-refractivity contribution in [1.29, 1.82) is 0 Å². The van der Waals surface area contributed by atoms with E-state index in [4.69, 9.17) is 16.3 Å². The highest BCUT2D eigenvalue weighted by atomic mass is 35.5. The van der Waals surface area contributed by atoms with Gasteiger partial charge in [0.25, 0.3) is 0 Å². The lowest BCUT2D eigenvalue weighted by molar-refractivity contribution is -0.385. The van der Waals surface area contributed by atoms with Crippen LogP contribution in [0.4, 0.5) is 5.69 Å². The Labute approximate surface area is 114 Å². The Morgan fingerprint density at radius 3 is 2.63 bits per heavy atom. The zero-order valence-electron chi connectivity index (χ0n) is 10.7. The Bertz CT molecular complexity index is 652. The van der Waals surface area contributed by atoms with E-state index in [0.717, 1.165) is 5.69 Å². The number of rotatable bonds is 3. The van der Waals surface area contributed by atoms with E-state index in [1.165, 1.54) is 12.1 Å². The molecule has 7 heteroatoms. The van der Waals surface area contributed by atoms with Crippen LogP contribution >= 0.6 is 11.6 Å². The van der Waals surface area contributed by atoms with Crippen molar-refractivity contribution >= 4 is 17.3 Å². The molecule has 0 radical (unpaired) electrons. The van der Waals surface area contributed by atoms with Crippen LogP contribution in [0.3, 0.4) is 0 Å². The average Bonchev–Trinajstić information content (AvgIpc) is 2.55. The molecule has 0 aliphatic rings. The van der Waals surface area contributed by atoms with E-state index in [-0.39, 0.29) is 16.5 Å². The van der Waals surface area contributed by atoms with Gasteiger partial charge < -0.3 is 4.74 Å². The largest absolute Gasteiger partial charge is 0.446 e. The maximum atomic E-state index is 11.0. The van der Waals surface area contributed by atoms with Gasteiger partial charge in [-0.25, -0.2) is 0 Å². The summed E-state index contributed by atoms with van der Waals surface area (Å²) in [6.07, 6.45) is 0. The summed E-state index contributed by atoms with van der Waals surface area (Å²) in [7, 11) is 1.78. The Hall–Kier alpha value is -2.08. The predicted octanol–water partition coefficient (Wildman–Crippen LogP) is 3.39. The van der Waals surface area contributed by atoms with Crippen molar-refractivity contribution < 1.29 is 9.66 Å². The smallest absolute Gasteiger partial charge is 0.329 e. The molecule has 0 unspecified atom stereocenters. The van der Waals surface area contributed by atoms with Gasteiger partial charge in [0.15, 0.2) is 5.75 Å². The van der Waals surface area contributed by atoms with Crippen LogP contribution in [0.1, 0.15) is 11.4 Å². The molecule has 0 atom stereocenters. The van der Waals surface area contributed by atoms with Gasteiger partial charge in [-0.3, -0.25) is 14.8 Å². The molecular weight excluding hydrogens is 270 g/mol. The number of nitro groups is 1. The van der Waals surface area contributed by atoms with Crippen molar-refractivity contribution in [2.24, 2.45) is 7.05 Å². The zero-order chi connectivity index (χ0) is 14.2. The van der Waals surface area contributed by atoms with Crippen molar-refractivity contribution in [3.63, 3.8) is 0 Å². The number of aromatic nitrogens is 2. The monoisotopic (exact) mass is 281 g/mol. The number of para-hydroxylation sites is 1. The van der Waals surface area contributed by atoms with Gasteiger partial charge in [0.2, 0.25) is 5.75 Å². The number of aryl methyl sites for hydroxylation is 2. The first-order chi connectivity index (χ1) is 8.91. The molecule has 0 aliphatic heterocycles. The Morgan fingerprint density at radius 2 is 2.11 bits per heavy atom. The molecule has 0 fully saturated rings. The molecule has 0 saturated carbocycles. The highest BCUT2D eigenvalue weighted by Crippen LogP contribution is 2.38. The maximum absolute atomic E-state index is 11.0. The number of hydrogen-bond donors (Lipinski definition) is 0. The zero-order valence-corrected chi connectivity index (χ0v) is 11.4. The third-order valence-electron chi connectivity index (χ3n) is 2.79. The maximum Gasteiger partial charge on any atom is 0.329 e. The minimum atomic E-state index is -0.557. The first-order valence-electron chi connectivity index (χ1n) is 5.52. The van der Waals surface area contributed by atoms with Gasteiger partial charge in [0, 0.05) is 7.05 Å². The Balaban J connectivity index is 2.50. The van der Waals surface area contributed by atoms with Crippen LogP contribution in [-0.2, 0) is 7.05 Å². The van der Waals surface area contributed by atoms with Gasteiger partial charge in [0.05, 0.1) is 10.6 Å². The summed E-state index contributed by atoms with van der Waals surface area (Å²) in [6.45, 7) is 3.60. The minimum Gasteiger partial charge on any atom is -0.446 e. The summed E-state index contributed by atoms with van der Waals surface area (Å²) in [5.74, 6) is 0.615. The molecule has 0 bridgehead atoms.